The third-order valence-corrected chi connectivity index (χ3v) is 6.78. The molecular weight excluding hydrogens is 446 g/mol. The maximum atomic E-state index is 13.2. The van der Waals surface area contributed by atoms with Crippen LogP contribution in [0.4, 0.5) is 0 Å². The van der Waals surface area contributed by atoms with Crippen LogP contribution in [0.5, 0.6) is 0 Å². The largest absolute Gasteiger partial charge is 0.379 e. The molecule has 0 N–H and O–H groups in total. The summed E-state index contributed by atoms with van der Waals surface area (Å²) in [5.74, 6) is -0.0117. The SMILES string of the molecule is CN(Cc1cccc2cc(CN3CCOCC3)ccc12)C(=O)c1ccc(-c2ccc(C#N)cc2)cc1. The van der Waals surface area contributed by atoms with Crippen LogP contribution in [-0.2, 0) is 17.8 Å². The number of hydrogen-bond donors (Lipinski definition) is 0. The van der Waals surface area contributed by atoms with Gasteiger partial charge in [-0.3, -0.25) is 9.69 Å². The first-order valence-corrected chi connectivity index (χ1v) is 12.3. The third-order valence-electron chi connectivity index (χ3n) is 6.78. The number of fused-ring (bicyclic) bond motifs is 1. The Labute approximate surface area is 212 Å². The van der Waals surface area contributed by atoms with Crippen molar-refractivity contribution in [1.82, 2.24) is 9.80 Å². The molecule has 0 unspecified atom stereocenters. The van der Waals surface area contributed by atoms with Gasteiger partial charge in [0.1, 0.15) is 0 Å². The Balaban J connectivity index is 1.28. The second-order valence-electron chi connectivity index (χ2n) is 9.29. The summed E-state index contributed by atoms with van der Waals surface area (Å²) in [7, 11) is 1.85. The van der Waals surface area contributed by atoms with Crippen molar-refractivity contribution in [2.45, 2.75) is 13.1 Å². The van der Waals surface area contributed by atoms with Crippen molar-refractivity contribution in [3.63, 3.8) is 0 Å². The summed E-state index contributed by atoms with van der Waals surface area (Å²) in [6, 6.07) is 30.2. The lowest BCUT2D eigenvalue weighted by Crippen LogP contribution is -2.35. The smallest absolute Gasteiger partial charge is 0.253 e. The van der Waals surface area contributed by atoms with Gasteiger partial charge in [0, 0.05) is 38.8 Å². The highest BCUT2D eigenvalue weighted by atomic mass is 16.5. The van der Waals surface area contributed by atoms with E-state index in [0.29, 0.717) is 17.7 Å². The van der Waals surface area contributed by atoms with E-state index < -0.39 is 0 Å². The van der Waals surface area contributed by atoms with Crippen molar-refractivity contribution in [2.75, 3.05) is 33.4 Å². The van der Waals surface area contributed by atoms with Crippen LogP contribution in [0.15, 0.2) is 84.9 Å². The van der Waals surface area contributed by atoms with Crippen molar-refractivity contribution in [3.05, 3.63) is 107 Å². The van der Waals surface area contributed by atoms with Crippen LogP contribution in [0.25, 0.3) is 21.9 Å². The lowest BCUT2D eigenvalue weighted by Gasteiger charge is -2.26. The maximum Gasteiger partial charge on any atom is 0.253 e. The first-order chi connectivity index (χ1) is 17.6. The molecule has 1 aliphatic rings. The molecule has 0 radical (unpaired) electrons. The molecular formula is C31H29N3O2. The molecule has 4 aromatic rings. The number of ether oxygens (including phenoxy) is 1. The lowest BCUT2D eigenvalue weighted by atomic mass is 10.0. The minimum absolute atomic E-state index is 0.0117. The molecule has 1 aliphatic heterocycles. The van der Waals surface area contributed by atoms with E-state index in [9.17, 15) is 4.79 Å². The lowest BCUT2D eigenvalue weighted by molar-refractivity contribution is 0.0342. The average molecular weight is 476 g/mol. The van der Waals surface area contributed by atoms with E-state index in [0.717, 1.165) is 49.5 Å². The van der Waals surface area contributed by atoms with Gasteiger partial charge in [0.15, 0.2) is 0 Å². The van der Waals surface area contributed by atoms with Gasteiger partial charge in [0.05, 0.1) is 24.8 Å². The van der Waals surface area contributed by atoms with Gasteiger partial charge in [-0.2, -0.15) is 5.26 Å². The number of hydrogen-bond acceptors (Lipinski definition) is 4. The summed E-state index contributed by atoms with van der Waals surface area (Å²) in [5.41, 5.74) is 5.76. The van der Waals surface area contributed by atoms with Crippen LogP contribution in [-0.4, -0.2) is 49.1 Å². The molecule has 1 fully saturated rings. The Bertz CT molecular complexity index is 1400. The van der Waals surface area contributed by atoms with Gasteiger partial charge >= 0.3 is 0 Å². The zero-order chi connectivity index (χ0) is 24.9. The highest BCUT2D eigenvalue weighted by Crippen LogP contribution is 2.24. The molecule has 0 bridgehead atoms. The van der Waals surface area contributed by atoms with Crippen molar-refractivity contribution in [3.8, 4) is 17.2 Å². The van der Waals surface area contributed by atoms with Crippen molar-refractivity contribution < 1.29 is 9.53 Å². The molecule has 5 heteroatoms. The normalized spacial score (nSPS) is 13.9. The number of amides is 1. The third kappa shape index (κ3) is 5.31. The molecule has 1 amide bonds. The molecule has 1 heterocycles. The minimum atomic E-state index is -0.0117. The Kier molecular flexibility index (Phi) is 7.08. The van der Waals surface area contributed by atoms with E-state index in [-0.39, 0.29) is 5.91 Å². The predicted molar refractivity (Wildman–Crippen MR) is 142 cm³/mol. The quantitative estimate of drug-likeness (QED) is 0.370. The van der Waals surface area contributed by atoms with Crippen molar-refractivity contribution in [1.29, 1.82) is 5.26 Å². The van der Waals surface area contributed by atoms with Gasteiger partial charge in [-0.15, -0.1) is 0 Å². The summed E-state index contributed by atoms with van der Waals surface area (Å²) < 4.78 is 5.46. The molecule has 180 valence electrons. The van der Waals surface area contributed by atoms with E-state index in [1.54, 1.807) is 17.0 Å². The van der Waals surface area contributed by atoms with Crippen LogP contribution in [0.1, 0.15) is 27.0 Å². The fourth-order valence-corrected chi connectivity index (χ4v) is 4.74. The molecule has 5 nitrogen and oxygen atoms in total. The Morgan fingerprint density at radius 1 is 0.944 bits per heavy atom. The number of carbonyl (C=O) groups is 1. The van der Waals surface area contributed by atoms with Crippen molar-refractivity contribution in [2.24, 2.45) is 0 Å². The monoisotopic (exact) mass is 475 g/mol. The molecule has 4 aromatic carbocycles. The number of rotatable bonds is 6. The summed E-state index contributed by atoms with van der Waals surface area (Å²) in [5, 5.41) is 11.4. The van der Waals surface area contributed by atoms with E-state index in [2.05, 4.69) is 47.4 Å². The van der Waals surface area contributed by atoms with Gasteiger partial charge in [-0.25, -0.2) is 0 Å². The summed E-state index contributed by atoms with van der Waals surface area (Å²) in [6.07, 6.45) is 0. The zero-order valence-corrected chi connectivity index (χ0v) is 20.5. The van der Waals surface area contributed by atoms with Crippen LogP contribution in [0.2, 0.25) is 0 Å². The number of carbonyl (C=O) groups excluding carboxylic acids is 1. The minimum Gasteiger partial charge on any atom is -0.379 e. The van der Waals surface area contributed by atoms with Gasteiger partial charge < -0.3 is 9.64 Å². The van der Waals surface area contributed by atoms with E-state index in [4.69, 9.17) is 10.00 Å². The van der Waals surface area contributed by atoms with E-state index in [1.165, 1.54) is 16.3 Å². The topological polar surface area (TPSA) is 56.6 Å². The molecule has 0 spiro atoms. The molecule has 5 rings (SSSR count). The van der Waals surface area contributed by atoms with Gasteiger partial charge in [0.25, 0.3) is 5.91 Å². The molecule has 0 aliphatic carbocycles. The Hall–Kier alpha value is -3.98. The summed E-state index contributed by atoms with van der Waals surface area (Å²) >= 11 is 0. The summed E-state index contributed by atoms with van der Waals surface area (Å²) in [6.45, 7) is 5.02. The fraction of sp³-hybridized carbons (Fsp3) is 0.226. The Morgan fingerprint density at radius 3 is 2.33 bits per heavy atom. The highest BCUT2D eigenvalue weighted by molar-refractivity contribution is 5.95. The first-order valence-electron chi connectivity index (χ1n) is 12.3. The van der Waals surface area contributed by atoms with E-state index >= 15 is 0 Å². The van der Waals surface area contributed by atoms with Crippen LogP contribution < -0.4 is 0 Å². The number of nitriles is 1. The van der Waals surface area contributed by atoms with Gasteiger partial charge in [-0.05, 0) is 63.4 Å². The standard InChI is InChI=1S/C31H29N3O2/c1-33(31(35)27-12-10-26(11-13-27)25-8-5-23(20-32)6-9-25)22-29-4-2-3-28-19-24(7-14-30(28)29)21-34-15-17-36-18-16-34/h2-14,19H,15-18,21-22H2,1H3. The Morgan fingerprint density at radius 2 is 1.64 bits per heavy atom. The molecule has 0 saturated carbocycles. The second-order valence-corrected chi connectivity index (χ2v) is 9.29. The van der Waals surface area contributed by atoms with Crippen LogP contribution in [0, 0.1) is 11.3 Å². The highest BCUT2D eigenvalue weighted by Gasteiger charge is 2.15. The molecule has 0 atom stereocenters. The van der Waals surface area contributed by atoms with Crippen LogP contribution >= 0.6 is 0 Å². The first kappa shape index (κ1) is 23.7. The molecule has 1 saturated heterocycles. The predicted octanol–water partition coefficient (Wildman–Crippen LogP) is 5.48. The molecule has 36 heavy (non-hydrogen) atoms. The second kappa shape index (κ2) is 10.7. The van der Waals surface area contributed by atoms with Crippen molar-refractivity contribution >= 4 is 16.7 Å². The van der Waals surface area contributed by atoms with Gasteiger partial charge in [-0.1, -0.05) is 54.6 Å². The maximum absolute atomic E-state index is 13.2. The van der Waals surface area contributed by atoms with Gasteiger partial charge in [0.2, 0.25) is 0 Å². The number of nitrogens with zero attached hydrogens (tertiary/aromatic N) is 3. The van der Waals surface area contributed by atoms with E-state index in [1.807, 2.05) is 43.4 Å². The zero-order valence-electron chi connectivity index (χ0n) is 20.5. The van der Waals surface area contributed by atoms with Crippen LogP contribution in [0.3, 0.4) is 0 Å². The average Bonchev–Trinajstić information content (AvgIpc) is 2.93. The number of benzene rings is 4. The fourth-order valence-electron chi connectivity index (χ4n) is 4.74. The molecule has 0 aromatic heterocycles. The number of morpholine rings is 1. The summed E-state index contributed by atoms with van der Waals surface area (Å²) in [4.78, 5) is 17.4.